The summed E-state index contributed by atoms with van der Waals surface area (Å²) in [6.07, 6.45) is 6.52. The van der Waals surface area contributed by atoms with Crippen LogP contribution in [0.4, 0.5) is 0 Å². The molecule has 2 aliphatic rings. The number of piperidine rings is 2. The normalized spacial score (nSPS) is 26.5. The smallest absolute Gasteiger partial charge is 0.191 e. The van der Waals surface area contributed by atoms with Crippen LogP contribution in [0.15, 0.2) is 35.3 Å². The van der Waals surface area contributed by atoms with E-state index >= 15 is 0 Å². The fourth-order valence-corrected chi connectivity index (χ4v) is 4.23. The molecule has 2 bridgehead atoms. The molecule has 2 N–H and O–H groups in total. The van der Waals surface area contributed by atoms with Gasteiger partial charge in [-0.25, -0.2) is 0 Å². The van der Waals surface area contributed by atoms with Gasteiger partial charge in [0, 0.05) is 24.7 Å². The van der Waals surface area contributed by atoms with Gasteiger partial charge in [0.2, 0.25) is 0 Å². The maximum absolute atomic E-state index is 5.74. The zero-order valence-electron chi connectivity index (χ0n) is 16.3. The zero-order chi connectivity index (χ0) is 18.2. The van der Waals surface area contributed by atoms with Gasteiger partial charge in [0.1, 0.15) is 0 Å². The van der Waals surface area contributed by atoms with Crippen molar-refractivity contribution in [2.45, 2.75) is 63.8 Å². The minimum atomic E-state index is 0.532. The molecule has 26 heavy (non-hydrogen) atoms. The molecule has 2 saturated heterocycles. The van der Waals surface area contributed by atoms with E-state index in [4.69, 9.17) is 9.73 Å². The molecule has 5 heteroatoms. The molecule has 1 aromatic carbocycles. The molecule has 5 nitrogen and oxygen atoms in total. The van der Waals surface area contributed by atoms with Crippen LogP contribution in [0.25, 0.3) is 0 Å². The van der Waals surface area contributed by atoms with Gasteiger partial charge in [0.25, 0.3) is 0 Å². The third-order valence-electron chi connectivity index (χ3n) is 5.64. The van der Waals surface area contributed by atoms with Gasteiger partial charge in [0.15, 0.2) is 5.96 Å². The molecule has 1 aromatic rings. The van der Waals surface area contributed by atoms with E-state index in [1.54, 1.807) is 0 Å². The Hall–Kier alpha value is -1.59. The Labute approximate surface area is 158 Å². The van der Waals surface area contributed by atoms with Crippen LogP contribution in [-0.2, 0) is 11.3 Å². The number of aliphatic imine (C=N–C) groups is 1. The highest BCUT2D eigenvalue weighted by Crippen LogP contribution is 2.32. The van der Waals surface area contributed by atoms with Crippen molar-refractivity contribution in [2.24, 2.45) is 4.99 Å². The molecule has 0 aliphatic carbocycles. The van der Waals surface area contributed by atoms with Crippen LogP contribution in [0.2, 0.25) is 0 Å². The first-order valence-electron chi connectivity index (χ1n) is 10.1. The summed E-state index contributed by atoms with van der Waals surface area (Å²) in [6, 6.07) is 12.3. The van der Waals surface area contributed by atoms with Gasteiger partial charge in [-0.05, 0) is 45.2 Å². The van der Waals surface area contributed by atoms with Crippen molar-refractivity contribution >= 4 is 5.96 Å². The lowest BCUT2D eigenvalue weighted by molar-refractivity contribution is 0.0526. The summed E-state index contributed by atoms with van der Waals surface area (Å²) in [6.45, 7) is 4.98. The largest absolute Gasteiger partial charge is 0.375 e. The average Bonchev–Trinajstić information content (AvgIpc) is 2.63. The fourth-order valence-electron chi connectivity index (χ4n) is 4.23. The van der Waals surface area contributed by atoms with E-state index in [1.807, 2.05) is 18.2 Å². The predicted octanol–water partition coefficient (Wildman–Crippen LogP) is 2.77. The monoisotopic (exact) mass is 358 g/mol. The number of ether oxygens (including phenoxy) is 1. The number of hydrogen-bond donors (Lipinski definition) is 2. The second kappa shape index (κ2) is 9.93. The Kier molecular flexibility index (Phi) is 7.32. The van der Waals surface area contributed by atoms with E-state index in [2.05, 4.69) is 41.6 Å². The highest BCUT2D eigenvalue weighted by atomic mass is 16.5. The van der Waals surface area contributed by atoms with Crippen molar-refractivity contribution in [2.75, 3.05) is 26.7 Å². The fraction of sp³-hybridized carbons (Fsp3) is 0.667. The Morgan fingerprint density at radius 3 is 2.62 bits per heavy atom. The standard InChI is InChI=1S/C21H34N4O/c1-3-22-21(23-12-13-26-16-17-8-5-4-6-9-17)24-18-14-19-10-7-11-20(15-18)25(19)2/h4-6,8-9,18-20H,3,7,10-16H2,1-2H3,(H2,22,23,24). The van der Waals surface area contributed by atoms with Crippen LogP contribution in [0.1, 0.15) is 44.6 Å². The van der Waals surface area contributed by atoms with E-state index < -0.39 is 0 Å². The number of nitrogens with one attached hydrogen (secondary N) is 2. The van der Waals surface area contributed by atoms with Gasteiger partial charge in [-0.1, -0.05) is 36.8 Å². The third-order valence-corrected chi connectivity index (χ3v) is 5.64. The van der Waals surface area contributed by atoms with E-state index in [9.17, 15) is 0 Å². The first kappa shape index (κ1) is 19.2. The Morgan fingerprint density at radius 1 is 1.19 bits per heavy atom. The lowest BCUT2D eigenvalue weighted by Gasteiger charge is -2.47. The van der Waals surface area contributed by atoms with Crippen molar-refractivity contribution < 1.29 is 4.74 Å². The maximum atomic E-state index is 5.74. The molecular formula is C21H34N4O. The molecule has 2 fully saturated rings. The SMILES string of the molecule is CCNC(=NCCOCc1ccccc1)NC1CC2CCCC(C1)N2C. The van der Waals surface area contributed by atoms with Gasteiger partial charge in [-0.3, -0.25) is 4.99 Å². The molecule has 0 radical (unpaired) electrons. The minimum Gasteiger partial charge on any atom is -0.375 e. The molecule has 2 atom stereocenters. The van der Waals surface area contributed by atoms with E-state index in [1.165, 1.54) is 37.7 Å². The zero-order valence-corrected chi connectivity index (χ0v) is 16.3. The number of guanidine groups is 1. The Morgan fingerprint density at radius 2 is 1.92 bits per heavy atom. The van der Waals surface area contributed by atoms with Crippen LogP contribution in [0, 0.1) is 0 Å². The van der Waals surface area contributed by atoms with Crippen molar-refractivity contribution in [3.63, 3.8) is 0 Å². The van der Waals surface area contributed by atoms with Gasteiger partial charge < -0.3 is 20.3 Å². The summed E-state index contributed by atoms with van der Waals surface area (Å²) < 4.78 is 5.74. The number of fused-ring (bicyclic) bond motifs is 2. The summed E-state index contributed by atoms with van der Waals surface area (Å²) in [5.74, 6) is 0.934. The van der Waals surface area contributed by atoms with Crippen LogP contribution >= 0.6 is 0 Å². The van der Waals surface area contributed by atoms with Crippen LogP contribution in [-0.4, -0.2) is 55.7 Å². The Balaban J connectivity index is 1.43. The average molecular weight is 359 g/mol. The number of benzene rings is 1. The van der Waals surface area contributed by atoms with Gasteiger partial charge >= 0.3 is 0 Å². The molecule has 0 aromatic heterocycles. The highest BCUT2D eigenvalue weighted by molar-refractivity contribution is 5.80. The summed E-state index contributed by atoms with van der Waals surface area (Å²) >= 11 is 0. The molecule has 2 heterocycles. The lowest BCUT2D eigenvalue weighted by Crippen LogP contribution is -2.56. The second-order valence-corrected chi connectivity index (χ2v) is 7.52. The van der Waals surface area contributed by atoms with Gasteiger partial charge in [-0.2, -0.15) is 0 Å². The summed E-state index contributed by atoms with van der Waals surface area (Å²) in [7, 11) is 2.30. The topological polar surface area (TPSA) is 48.9 Å². The van der Waals surface area contributed by atoms with Crippen LogP contribution in [0.3, 0.4) is 0 Å². The first-order chi connectivity index (χ1) is 12.8. The Bertz CT molecular complexity index is 548. The first-order valence-corrected chi connectivity index (χ1v) is 10.1. The number of rotatable bonds is 7. The van der Waals surface area contributed by atoms with E-state index in [-0.39, 0.29) is 0 Å². The maximum Gasteiger partial charge on any atom is 0.191 e. The third kappa shape index (κ3) is 5.45. The molecule has 0 amide bonds. The highest BCUT2D eigenvalue weighted by Gasteiger charge is 2.36. The molecule has 2 unspecified atom stereocenters. The lowest BCUT2D eigenvalue weighted by atomic mass is 9.82. The predicted molar refractivity (Wildman–Crippen MR) is 107 cm³/mol. The quantitative estimate of drug-likeness (QED) is 0.447. The molecular weight excluding hydrogens is 324 g/mol. The van der Waals surface area contributed by atoms with Crippen molar-refractivity contribution in [1.82, 2.24) is 15.5 Å². The van der Waals surface area contributed by atoms with Crippen molar-refractivity contribution in [1.29, 1.82) is 0 Å². The van der Waals surface area contributed by atoms with Crippen LogP contribution < -0.4 is 10.6 Å². The molecule has 0 saturated carbocycles. The van der Waals surface area contributed by atoms with E-state index in [0.29, 0.717) is 25.8 Å². The summed E-state index contributed by atoms with van der Waals surface area (Å²) in [5.41, 5.74) is 1.21. The van der Waals surface area contributed by atoms with E-state index in [0.717, 1.165) is 24.6 Å². The molecule has 144 valence electrons. The number of hydrogen-bond acceptors (Lipinski definition) is 3. The molecule has 0 spiro atoms. The van der Waals surface area contributed by atoms with Gasteiger partial charge in [-0.15, -0.1) is 0 Å². The molecule has 2 aliphatic heterocycles. The minimum absolute atomic E-state index is 0.532. The van der Waals surface area contributed by atoms with Crippen molar-refractivity contribution in [3.05, 3.63) is 35.9 Å². The summed E-state index contributed by atoms with van der Waals surface area (Å²) in [4.78, 5) is 7.31. The summed E-state index contributed by atoms with van der Waals surface area (Å²) in [5, 5.41) is 7.06. The second-order valence-electron chi connectivity index (χ2n) is 7.52. The van der Waals surface area contributed by atoms with Crippen molar-refractivity contribution in [3.8, 4) is 0 Å². The van der Waals surface area contributed by atoms with Gasteiger partial charge in [0.05, 0.1) is 19.8 Å². The number of nitrogens with zero attached hydrogens (tertiary/aromatic N) is 2. The molecule has 3 rings (SSSR count). The van der Waals surface area contributed by atoms with Crippen LogP contribution in [0.5, 0.6) is 0 Å².